The summed E-state index contributed by atoms with van der Waals surface area (Å²) in [6.45, 7) is 0.707. The molecular weight excluding hydrogens is 404 g/mol. The van der Waals surface area contributed by atoms with Crippen LogP contribution < -0.4 is 5.32 Å². The highest BCUT2D eigenvalue weighted by Crippen LogP contribution is 2.26. The Morgan fingerprint density at radius 3 is 2.59 bits per heavy atom. The monoisotopic (exact) mass is 422 g/mol. The third-order valence-corrected chi connectivity index (χ3v) is 5.56. The van der Waals surface area contributed by atoms with Crippen LogP contribution in [-0.2, 0) is 11.3 Å². The number of rotatable bonds is 7. The van der Waals surface area contributed by atoms with E-state index in [4.69, 9.17) is 11.6 Å². The Morgan fingerprint density at radius 2 is 1.86 bits per heavy atom. The number of thiazole rings is 1. The van der Waals surface area contributed by atoms with E-state index in [9.17, 15) is 4.79 Å². The van der Waals surface area contributed by atoms with Gasteiger partial charge in [-0.1, -0.05) is 29.8 Å². The van der Waals surface area contributed by atoms with Crippen molar-refractivity contribution < 1.29 is 4.79 Å². The van der Waals surface area contributed by atoms with Gasteiger partial charge in [-0.15, -0.1) is 11.3 Å². The van der Waals surface area contributed by atoms with Crippen molar-refractivity contribution in [2.24, 2.45) is 0 Å². The van der Waals surface area contributed by atoms with Crippen LogP contribution >= 0.6 is 22.9 Å². The molecule has 0 spiro atoms. The molecule has 0 aliphatic heterocycles. The molecule has 1 amide bonds. The maximum absolute atomic E-state index is 12.7. The van der Waals surface area contributed by atoms with E-state index in [-0.39, 0.29) is 11.8 Å². The van der Waals surface area contributed by atoms with Crippen molar-refractivity contribution in [1.82, 2.24) is 14.5 Å². The smallest absolute Gasteiger partial charge is 0.226 e. The Balaban J connectivity index is 1.46. The van der Waals surface area contributed by atoms with Gasteiger partial charge < -0.3 is 9.88 Å². The highest BCUT2D eigenvalue weighted by Gasteiger charge is 2.18. The molecule has 146 valence electrons. The van der Waals surface area contributed by atoms with Gasteiger partial charge in [0.15, 0.2) is 5.13 Å². The summed E-state index contributed by atoms with van der Waals surface area (Å²) in [5.74, 6) is -0.0473. The van der Waals surface area contributed by atoms with Crippen molar-refractivity contribution in [3.8, 4) is 11.4 Å². The number of hydrogen-bond donors (Lipinski definition) is 1. The average molecular weight is 423 g/mol. The third-order valence-electron chi connectivity index (χ3n) is 4.55. The maximum atomic E-state index is 12.7. The van der Waals surface area contributed by atoms with E-state index >= 15 is 0 Å². The van der Waals surface area contributed by atoms with Gasteiger partial charge in [0.2, 0.25) is 5.91 Å². The number of anilines is 1. The van der Waals surface area contributed by atoms with Gasteiger partial charge in [-0.05, 0) is 42.0 Å². The predicted octanol–water partition coefficient (Wildman–Crippen LogP) is 5.47. The van der Waals surface area contributed by atoms with Crippen molar-refractivity contribution in [3.05, 3.63) is 89.2 Å². The predicted molar refractivity (Wildman–Crippen MR) is 117 cm³/mol. The highest BCUT2D eigenvalue weighted by molar-refractivity contribution is 7.14. The van der Waals surface area contributed by atoms with Crippen LogP contribution in [0.1, 0.15) is 17.9 Å². The number of carbonyl (C=O) groups excluding carboxylic acids is 1. The van der Waals surface area contributed by atoms with Crippen LogP contribution in [0.25, 0.3) is 11.4 Å². The van der Waals surface area contributed by atoms with E-state index < -0.39 is 0 Å². The first-order chi connectivity index (χ1) is 14.2. The topological polar surface area (TPSA) is 59.8 Å². The van der Waals surface area contributed by atoms with Crippen molar-refractivity contribution in [1.29, 1.82) is 0 Å². The minimum absolute atomic E-state index is 0.0230. The number of hydrogen-bond acceptors (Lipinski definition) is 4. The molecule has 1 N–H and O–H groups in total. The lowest BCUT2D eigenvalue weighted by Gasteiger charge is -2.18. The molecule has 0 saturated carbocycles. The number of pyridine rings is 1. The van der Waals surface area contributed by atoms with Crippen LogP contribution in [0.5, 0.6) is 0 Å². The summed E-state index contributed by atoms with van der Waals surface area (Å²) in [7, 11) is 0. The van der Waals surface area contributed by atoms with Gasteiger partial charge in [0, 0.05) is 47.9 Å². The molecule has 0 aliphatic rings. The number of halogens is 1. The zero-order valence-corrected chi connectivity index (χ0v) is 17.1. The minimum atomic E-state index is -0.0703. The summed E-state index contributed by atoms with van der Waals surface area (Å²) in [6.07, 6.45) is 6.07. The molecule has 0 aliphatic carbocycles. The number of carbonyl (C=O) groups is 1. The minimum Gasteiger partial charge on any atom is -0.354 e. The lowest BCUT2D eigenvalue weighted by Crippen LogP contribution is -2.18. The van der Waals surface area contributed by atoms with Crippen molar-refractivity contribution in [3.63, 3.8) is 0 Å². The highest BCUT2D eigenvalue weighted by atomic mass is 35.5. The lowest BCUT2D eigenvalue weighted by atomic mass is 9.95. The summed E-state index contributed by atoms with van der Waals surface area (Å²) in [6, 6.07) is 17.3. The van der Waals surface area contributed by atoms with Crippen molar-refractivity contribution in [2.45, 2.75) is 18.9 Å². The van der Waals surface area contributed by atoms with Crippen LogP contribution in [0.3, 0.4) is 0 Å². The number of benzene rings is 1. The second-order valence-electron chi connectivity index (χ2n) is 6.63. The maximum Gasteiger partial charge on any atom is 0.226 e. The molecular formula is C22H19ClN4OS. The zero-order chi connectivity index (χ0) is 20.1. The number of aromatic nitrogens is 3. The fourth-order valence-corrected chi connectivity index (χ4v) is 3.97. The quantitative estimate of drug-likeness (QED) is 0.429. The summed E-state index contributed by atoms with van der Waals surface area (Å²) in [4.78, 5) is 21.5. The Labute approximate surface area is 178 Å². The zero-order valence-electron chi connectivity index (χ0n) is 15.5. The normalized spacial score (nSPS) is 11.9. The van der Waals surface area contributed by atoms with E-state index in [0.717, 1.165) is 17.0 Å². The molecule has 4 rings (SSSR count). The van der Waals surface area contributed by atoms with Crippen LogP contribution in [-0.4, -0.2) is 20.4 Å². The molecule has 5 nitrogen and oxygen atoms in total. The SMILES string of the molecule is O=C(CC(Cn1cccc1)c1ccc(Cl)cc1)Nc1nc(-c2ccccn2)cs1. The molecule has 0 bridgehead atoms. The largest absolute Gasteiger partial charge is 0.354 e. The Hall–Kier alpha value is -2.96. The van der Waals surface area contributed by atoms with Gasteiger partial charge in [0.05, 0.1) is 5.69 Å². The molecule has 1 unspecified atom stereocenters. The van der Waals surface area contributed by atoms with Crippen molar-refractivity contribution in [2.75, 3.05) is 5.32 Å². The molecule has 29 heavy (non-hydrogen) atoms. The summed E-state index contributed by atoms with van der Waals surface area (Å²) in [5.41, 5.74) is 2.62. The first-order valence-corrected chi connectivity index (χ1v) is 10.5. The summed E-state index contributed by atoms with van der Waals surface area (Å²) >= 11 is 7.43. The van der Waals surface area contributed by atoms with Gasteiger partial charge in [0.25, 0.3) is 0 Å². The molecule has 3 aromatic heterocycles. The van der Waals surface area contributed by atoms with Gasteiger partial charge >= 0.3 is 0 Å². The molecule has 1 atom stereocenters. The standard InChI is InChI=1S/C22H19ClN4OS/c23-18-8-6-16(7-9-18)17(14-27-11-3-4-12-27)13-21(28)26-22-25-20(15-29-22)19-5-1-2-10-24-19/h1-12,15,17H,13-14H2,(H,25,26,28). The Bertz CT molecular complexity index is 1060. The van der Waals surface area contributed by atoms with E-state index in [1.807, 2.05) is 72.4 Å². The number of amides is 1. The van der Waals surface area contributed by atoms with Gasteiger partial charge in [-0.2, -0.15) is 0 Å². The van der Waals surface area contributed by atoms with Gasteiger partial charge in [-0.3, -0.25) is 9.78 Å². The fourth-order valence-electron chi connectivity index (χ4n) is 3.13. The van der Waals surface area contributed by atoms with Crippen molar-refractivity contribution >= 4 is 34.0 Å². The molecule has 0 radical (unpaired) electrons. The summed E-state index contributed by atoms with van der Waals surface area (Å²) < 4.78 is 2.08. The Kier molecular flexibility index (Phi) is 6.03. The van der Waals surface area contributed by atoms with Gasteiger partial charge in [-0.25, -0.2) is 4.98 Å². The molecule has 1 aromatic carbocycles. The molecule has 0 fully saturated rings. The van der Waals surface area contributed by atoms with Crippen LogP contribution in [0, 0.1) is 0 Å². The number of nitrogens with zero attached hydrogens (tertiary/aromatic N) is 3. The first-order valence-electron chi connectivity index (χ1n) is 9.20. The van der Waals surface area contributed by atoms with E-state index in [1.165, 1.54) is 11.3 Å². The van der Waals surface area contributed by atoms with Gasteiger partial charge in [0.1, 0.15) is 5.69 Å². The summed E-state index contributed by atoms with van der Waals surface area (Å²) in [5, 5.41) is 6.08. The molecule has 0 saturated heterocycles. The Morgan fingerprint density at radius 1 is 1.07 bits per heavy atom. The second kappa shape index (κ2) is 9.03. The first kappa shape index (κ1) is 19.4. The van der Waals surface area contributed by atoms with Crippen LogP contribution in [0.4, 0.5) is 5.13 Å². The van der Waals surface area contributed by atoms with E-state index in [1.54, 1.807) is 6.20 Å². The third kappa shape index (κ3) is 5.10. The molecule has 7 heteroatoms. The fraction of sp³-hybridized carbons (Fsp3) is 0.136. The van der Waals surface area contributed by atoms with E-state index in [0.29, 0.717) is 23.1 Å². The van der Waals surface area contributed by atoms with E-state index in [2.05, 4.69) is 19.9 Å². The average Bonchev–Trinajstić information content (AvgIpc) is 3.41. The molecule has 4 aromatic rings. The molecule has 3 heterocycles. The van der Waals surface area contributed by atoms with Crippen LogP contribution in [0.15, 0.2) is 78.6 Å². The lowest BCUT2D eigenvalue weighted by molar-refractivity contribution is -0.116. The number of nitrogens with one attached hydrogen (secondary N) is 1. The van der Waals surface area contributed by atoms with Crippen LogP contribution in [0.2, 0.25) is 5.02 Å². The second-order valence-corrected chi connectivity index (χ2v) is 7.93.